The summed E-state index contributed by atoms with van der Waals surface area (Å²) in [4.78, 5) is 15.5. The fourth-order valence-corrected chi connectivity index (χ4v) is 2.35. The molecule has 0 fully saturated rings. The first kappa shape index (κ1) is 12.9. The maximum absolute atomic E-state index is 11.5. The molecule has 6 heteroatoms. The number of hydrogen-bond acceptors (Lipinski definition) is 5. The number of anilines is 1. The number of methoxy groups -OCH3 is 1. The Hall–Kier alpha value is -2.08. The van der Waals surface area contributed by atoms with Gasteiger partial charge in [0.25, 0.3) is 0 Å². The molecule has 0 amide bonds. The van der Waals surface area contributed by atoms with Crippen LogP contribution in [0.4, 0.5) is 5.69 Å². The largest absolute Gasteiger partial charge is 0.464 e. The van der Waals surface area contributed by atoms with Gasteiger partial charge in [0.05, 0.1) is 12.8 Å². The molecule has 0 aliphatic carbocycles. The first-order chi connectivity index (χ1) is 9.67. The van der Waals surface area contributed by atoms with Gasteiger partial charge in [0.1, 0.15) is 11.4 Å². The SMILES string of the molecule is COC(=O)c1cc(C2Nc3cc(Br)ccc3O2)ccn1. The van der Waals surface area contributed by atoms with Crippen LogP contribution in [0.25, 0.3) is 0 Å². The standard InChI is InChI=1S/C14H11BrN2O3/c1-19-14(18)11-6-8(4-5-16-11)13-17-10-7-9(15)2-3-12(10)20-13/h2-7,13,17H,1H3. The van der Waals surface area contributed by atoms with Crippen LogP contribution in [0, 0.1) is 0 Å². The third-order valence-corrected chi connectivity index (χ3v) is 3.45. The highest BCUT2D eigenvalue weighted by molar-refractivity contribution is 9.10. The summed E-state index contributed by atoms with van der Waals surface area (Å²) in [6, 6.07) is 9.19. The summed E-state index contributed by atoms with van der Waals surface area (Å²) < 4.78 is 11.4. The predicted octanol–water partition coefficient (Wildman–Crippen LogP) is 3.13. The van der Waals surface area contributed by atoms with E-state index in [-0.39, 0.29) is 11.9 Å². The molecule has 102 valence electrons. The minimum Gasteiger partial charge on any atom is -0.464 e. The van der Waals surface area contributed by atoms with Crippen LogP contribution < -0.4 is 10.1 Å². The van der Waals surface area contributed by atoms with E-state index in [2.05, 4.69) is 31.0 Å². The quantitative estimate of drug-likeness (QED) is 0.855. The Labute approximate surface area is 124 Å². The molecule has 1 atom stereocenters. The van der Waals surface area contributed by atoms with Gasteiger partial charge in [-0.2, -0.15) is 0 Å². The smallest absolute Gasteiger partial charge is 0.356 e. The number of nitrogens with one attached hydrogen (secondary N) is 1. The van der Waals surface area contributed by atoms with E-state index in [0.717, 1.165) is 21.5 Å². The fraction of sp³-hybridized carbons (Fsp3) is 0.143. The topological polar surface area (TPSA) is 60.5 Å². The second kappa shape index (κ2) is 5.13. The number of carbonyl (C=O) groups is 1. The van der Waals surface area contributed by atoms with Crippen LogP contribution in [0.15, 0.2) is 41.0 Å². The van der Waals surface area contributed by atoms with Crippen molar-refractivity contribution in [1.82, 2.24) is 4.98 Å². The van der Waals surface area contributed by atoms with Crippen LogP contribution >= 0.6 is 15.9 Å². The van der Waals surface area contributed by atoms with Gasteiger partial charge in [0.15, 0.2) is 6.23 Å². The molecule has 0 saturated heterocycles. The minimum atomic E-state index is -0.467. The fourth-order valence-electron chi connectivity index (χ4n) is 1.99. The van der Waals surface area contributed by atoms with Crippen LogP contribution in [0.3, 0.4) is 0 Å². The lowest BCUT2D eigenvalue weighted by Crippen LogP contribution is -2.12. The number of hydrogen-bond donors (Lipinski definition) is 1. The van der Waals surface area contributed by atoms with Crippen molar-refractivity contribution >= 4 is 27.6 Å². The summed E-state index contributed by atoms with van der Waals surface area (Å²) >= 11 is 3.41. The van der Waals surface area contributed by atoms with E-state index in [4.69, 9.17) is 4.74 Å². The number of carbonyl (C=O) groups excluding carboxylic acids is 1. The van der Waals surface area contributed by atoms with Crippen LogP contribution in [-0.4, -0.2) is 18.1 Å². The number of halogens is 1. The molecule has 20 heavy (non-hydrogen) atoms. The summed E-state index contributed by atoms with van der Waals surface area (Å²) in [5.41, 5.74) is 1.97. The highest BCUT2D eigenvalue weighted by Crippen LogP contribution is 2.39. The molecule has 0 spiro atoms. The van der Waals surface area contributed by atoms with E-state index in [0.29, 0.717) is 0 Å². The second-order valence-electron chi connectivity index (χ2n) is 4.25. The zero-order valence-corrected chi connectivity index (χ0v) is 12.2. The third-order valence-electron chi connectivity index (χ3n) is 2.95. The number of ether oxygens (including phenoxy) is 2. The lowest BCUT2D eigenvalue weighted by molar-refractivity contribution is 0.0593. The van der Waals surface area contributed by atoms with Crippen molar-refractivity contribution < 1.29 is 14.3 Å². The average Bonchev–Trinajstić information content (AvgIpc) is 2.89. The Balaban J connectivity index is 1.87. The first-order valence-corrected chi connectivity index (χ1v) is 6.73. The number of aromatic nitrogens is 1. The van der Waals surface area contributed by atoms with E-state index in [9.17, 15) is 4.79 Å². The van der Waals surface area contributed by atoms with Crippen LogP contribution in [0.5, 0.6) is 5.75 Å². The maximum Gasteiger partial charge on any atom is 0.356 e. The zero-order chi connectivity index (χ0) is 14.1. The van der Waals surface area contributed by atoms with Crippen molar-refractivity contribution in [3.05, 3.63) is 52.3 Å². The summed E-state index contributed by atoms with van der Waals surface area (Å²) in [6.45, 7) is 0. The zero-order valence-electron chi connectivity index (χ0n) is 10.6. The lowest BCUT2D eigenvalue weighted by atomic mass is 10.2. The second-order valence-corrected chi connectivity index (χ2v) is 5.16. The molecule has 0 radical (unpaired) electrons. The molecule has 1 unspecified atom stereocenters. The molecular formula is C14H11BrN2O3. The number of pyridine rings is 1. The highest BCUT2D eigenvalue weighted by atomic mass is 79.9. The molecule has 1 aromatic carbocycles. The van der Waals surface area contributed by atoms with E-state index in [1.165, 1.54) is 7.11 Å². The molecule has 3 rings (SSSR count). The summed E-state index contributed by atoms with van der Waals surface area (Å²) in [5, 5.41) is 3.24. The number of esters is 1. The van der Waals surface area contributed by atoms with Gasteiger partial charge in [0.2, 0.25) is 0 Å². The molecule has 1 N–H and O–H groups in total. The van der Waals surface area contributed by atoms with Crippen LogP contribution in [0.2, 0.25) is 0 Å². The van der Waals surface area contributed by atoms with Crippen molar-refractivity contribution in [2.45, 2.75) is 6.23 Å². The average molecular weight is 335 g/mol. The minimum absolute atomic E-state index is 0.257. The van der Waals surface area contributed by atoms with E-state index in [1.54, 1.807) is 18.3 Å². The molecule has 2 aromatic rings. The number of nitrogens with zero attached hydrogens (tertiary/aromatic N) is 1. The van der Waals surface area contributed by atoms with Gasteiger partial charge >= 0.3 is 5.97 Å². The van der Waals surface area contributed by atoms with Crippen molar-refractivity contribution in [1.29, 1.82) is 0 Å². The van der Waals surface area contributed by atoms with Crippen molar-refractivity contribution in [3.8, 4) is 5.75 Å². The third kappa shape index (κ3) is 2.34. The Morgan fingerprint density at radius 2 is 2.25 bits per heavy atom. The molecule has 2 heterocycles. The Morgan fingerprint density at radius 3 is 3.05 bits per heavy atom. The molecule has 1 aliphatic heterocycles. The van der Waals surface area contributed by atoms with Crippen LogP contribution in [0.1, 0.15) is 22.3 Å². The van der Waals surface area contributed by atoms with Gasteiger partial charge in [-0.15, -0.1) is 0 Å². The van der Waals surface area contributed by atoms with Gasteiger partial charge in [-0.25, -0.2) is 9.78 Å². The molecule has 0 saturated carbocycles. The van der Waals surface area contributed by atoms with Crippen molar-refractivity contribution in [3.63, 3.8) is 0 Å². The molecule has 1 aromatic heterocycles. The summed E-state index contributed by atoms with van der Waals surface area (Å²) in [7, 11) is 1.33. The molecule has 0 bridgehead atoms. The summed E-state index contributed by atoms with van der Waals surface area (Å²) in [5.74, 6) is 0.305. The Bertz CT molecular complexity index is 675. The van der Waals surface area contributed by atoms with Gasteiger partial charge < -0.3 is 14.8 Å². The van der Waals surface area contributed by atoms with Gasteiger partial charge in [-0.05, 0) is 30.3 Å². The lowest BCUT2D eigenvalue weighted by Gasteiger charge is -2.12. The van der Waals surface area contributed by atoms with Crippen LogP contribution in [-0.2, 0) is 4.74 Å². The Kier molecular flexibility index (Phi) is 3.31. The van der Waals surface area contributed by atoms with Crippen molar-refractivity contribution in [2.75, 3.05) is 12.4 Å². The number of fused-ring (bicyclic) bond motifs is 1. The monoisotopic (exact) mass is 334 g/mol. The first-order valence-electron chi connectivity index (χ1n) is 5.94. The van der Waals surface area contributed by atoms with E-state index < -0.39 is 5.97 Å². The van der Waals surface area contributed by atoms with Gasteiger partial charge in [-0.1, -0.05) is 15.9 Å². The van der Waals surface area contributed by atoms with Gasteiger partial charge in [-0.3, -0.25) is 0 Å². The molecular weight excluding hydrogens is 324 g/mol. The number of benzene rings is 1. The van der Waals surface area contributed by atoms with Gasteiger partial charge in [0, 0.05) is 16.2 Å². The van der Waals surface area contributed by atoms with E-state index >= 15 is 0 Å². The molecule has 1 aliphatic rings. The predicted molar refractivity (Wildman–Crippen MR) is 76.7 cm³/mol. The number of rotatable bonds is 2. The van der Waals surface area contributed by atoms with Crippen molar-refractivity contribution in [2.24, 2.45) is 0 Å². The molecule has 5 nitrogen and oxygen atoms in total. The Morgan fingerprint density at radius 1 is 1.40 bits per heavy atom. The summed E-state index contributed by atoms with van der Waals surface area (Å²) in [6.07, 6.45) is 1.22. The van der Waals surface area contributed by atoms with E-state index in [1.807, 2.05) is 18.2 Å². The highest BCUT2D eigenvalue weighted by Gasteiger charge is 2.24. The maximum atomic E-state index is 11.5. The normalized spacial score (nSPS) is 16.0.